The first kappa shape index (κ1) is 12.1. The fourth-order valence-corrected chi connectivity index (χ4v) is 1.75. The van der Waals surface area contributed by atoms with Gasteiger partial charge in [-0.1, -0.05) is 23.7 Å². The van der Waals surface area contributed by atoms with Crippen LogP contribution in [0.5, 0.6) is 0 Å². The Morgan fingerprint density at radius 1 is 1.29 bits per heavy atom. The molecule has 0 radical (unpaired) electrons. The number of halogens is 1. The summed E-state index contributed by atoms with van der Waals surface area (Å²) in [4.78, 5) is 4.45. The number of hydrogen-bond acceptors (Lipinski definition) is 3. The molecule has 0 saturated heterocycles. The Labute approximate surface area is 105 Å². The minimum absolute atomic E-state index is 0.558. The van der Waals surface area contributed by atoms with Crippen molar-refractivity contribution in [2.75, 3.05) is 0 Å². The SMILES string of the molecule is Cn1nc(C(C)(C)N)nc1-c1ccccc1Cl. The number of benzene rings is 1. The van der Waals surface area contributed by atoms with Gasteiger partial charge in [-0.3, -0.25) is 0 Å². The predicted octanol–water partition coefficient (Wildman–Crippen LogP) is 2.33. The standard InChI is InChI=1S/C12H15ClN4/c1-12(2,14)11-15-10(17(3)16-11)8-6-4-5-7-9(8)13/h4-7H,14H2,1-3H3. The van der Waals surface area contributed by atoms with Crippen LogP contribution in [-0.2, 0) is 12.6 Å². The van der Waals surface area contributed by atoms with E-state index in [1.807, 2.05) is 45.2 Å². The Hall–Kier alpha value is -1.39. The molecule has 0 fully saturated rings. The van der Waals surface area contributed by atoms with Crippen LogP contribution < -0.4 is 5.73 Å². The van der Waals surface area contributed by atoms with Crippen LogP contribution in [0.1, 0.15) is 19.7 Å². The van der Waals surface area contributed by atoms with Crippen molar-refractivity contribution in [3.05, 3.63) is 35.1 Å². The van der Waals surface area contributed by atoms with Gasteiger partial charge in [-0.15, -0.1) is 0 Å². The van der Waals surface area contributed by atoms with Crippen LogP contribution in [0.25, 0.3) is 11.4 Å². The van der Waals surface area contributed by atoms with E-state index in [9.17, 15) is 0 Å². The quantitative estimate of drug-likeness (QED) is 0.890. The van der Waals surface area contributed by atoms with Gasteiger partial charge in [-0.2, -0.15) is 5.10 Å². The number of rotatable bonds is 2. The molecule has 4 nitrogen and oxygen atoms in total. The normalized spacial score (nSPS) is 11.8. The monoisotopic (exact) mass is 250 g/mol. The molecule has 1 heterocycles. The summed E-state index contributed by atoms with van der Waals surface area (Å²) in [5.41, 5.74) is 6.29. The van der Waals surface area contributed by atoms with E-state index in [1.54, 1.807) is 4.68 Å². The Kier molecular flexibility index (Phi) is 2.93. The first-order chi connectivity index (χ1) is 7.89. The van der Waals surface area contributed by atoms with Gasteiger partial charge in [0.2, 0.25) is 0 Å². The molecule has 2 aromatic rings. The molecule has 0 bridgehead atoms. The van der Waals surface area contributed by atoms with Crippen LogP contribution in [0.15, 0.2) is 24.3 Å². The van der Waals surface area contributed by atoms with Crippen molar-refractivity contribution in [3.63, 3.8) is 0 Å². The average molecular weight is 251 g/mol. The van der Waals surface area contributed by atoms with Crippen LogP contribution >= 0.6 is 11.6 Å². The maximum atomic E-state index is 6.14. The summed E-state index contributed by atoms with van der Waals surface area (Å²) < 4.78 is 1.70. The summed E-state index contributed by atoms with van der Waals surface area (Å²) >= 11 is 6.14. The molecule has 0 amide bonds. The Balaban J connectivity index is 2.55. The van der Waals surface area contributed by atoms with Gasteiger partial charge in [0.25, 0.3) is 0 Å². The highest BCUT2D eigenvalue weighted by Gasteiger charge is 2.22. The van der Waals surface area contributed by atoms with Gasteiger partial charge in [0.05, 0.1) is 10.6 Å². The van der Waals surface area contributed by atoms with E-state index in [0.717, 1.165) is 11.4 Å². The number of nitrogens with zero attached hydrogens (tertiary/aromatic N) is 3. The summed E-state index contributed by atoms with van der Waals surface area (Å²) in [5.74, 6) is 1.33. The lowest BCUT2D eigenvalue weighted by Gasteiger charge is -2.12. The molecule has 0 spiro atoms. The van der Waals surface area contributed by atoms with E-state index in [4.69, 9.17) is 17.3 Å². The lowest BCUT2D eigenvalue weighted by molar-refractivity contribution is 0.509. The van der Waals surface area contributed by atoms with Crippen molar-refractivity contribution >= 4 is 11.6 Å². The predicted molar refractivity (Wildman–Crippen MR) is 68.7 cm³/mol. The van der Waals surface area contributed by atoms with Gasteiger partial charge in [-0.25, -0.2) is 9.67 Å². The van der Waals surface area contributed by atoms with Crippen LogP contribution in [0.4, 0.5) is 0 Å². The molecule has 17 heavy (non-hydrogen) atoms. The highest BCUT2D eigenvalue weighted by atomic mass is 35.5. The van der Waals surface area contributed by atoms with E-state index in [2.05, 4.69) is 10.1 Å². The molecule has 2 N–H and O–H groups in total. The lowest BCUT2D eigenvalue weighted by Crippen LogP contribution is -2.30. The molecule has 90 valence electrons. The minimum atomic E-state index is -0.558. The molecule has 1 aromatic heterocycles. The number of aromatic nitrogens is 3. The van der Waals surface area contributed by atoms with E-state index in [1.165, 1.54) is 0 Å². The maximum Gasteiger partial charge on any atom is 0.170 e. The van der Waals surface area contributed by atoms with Gasteiger partial charge >= 0.3 is 0 Å². The molecule has 0 aliphatic heterocycles. The van der Waals surface area contributed by atoms with Crippen LogP contribution in [-0.4, -0.2) is 14.8 Å². The molecule has 1 aromatic carbocycles. The molecule has 0 aliphatic carbocycles. The zero-order chi connectivity index (χ0) is 12.6. The van der Waals surface area contributed by atoms with E-state index < -0.39 is 5.54 Å². The Bertz CT molecular complexity index is 540. The van der Waals surface area contributed by atoms with Gasteiger partial charge in [0, 0.05) is 12.6 Å². The highest BCUT2D eigenvalue weighted by molar-refractivity contribution is 6.33. The average Bonchev–Trinajstić information content (AvgIpc) is 2.61. The Morgan fingerprint density at radius 2 is 1.94 bits per heavy atom. The third-order valence-corrected chi connectivity index (χ3v) is 2.78. The second kappa shape index (κ2) is 4.13. The fourth-order valence-electron chi connectivity index (χ4n) is 1.53. The van der Waals surface area contributed by atoms with Crippen molar-refractivity contribution in [3.8, 4) is 11.4 Å². The van der Waals surface area contributed by atoms with Crippen LogP contribution in [0.3, 0.4) is 0 Å². The summed E-state index contributed by atoms with van der Waals surface area (Å²) in [7, 11) is 1.83. The van der Waals surface area contributed by atoms with Crippen LogP contribution in [0, 0.1) is 0 Å². The van der Waals surface area contributed by atoms with Crippen molar-refractivity contribution in [1.29, 1.82) is 0 Å². The van der Waals surface area contributed by atoms with Gasteiger partial charge in [0.1, 0.15) is 0 Å². The first-order valence-electron chi connectivity index (χ1n) is 5.35. The van der Waals surface area contributed by atoms with E-state index >= 15 is 0 Å². The third kappa shape index (κ3) is 2.33. The second-order valence-corrected chi connectivity index (χ2v) is 4.99. The lowest BCUT2D eigenvalue weighted by atomic mass is 10.1. The first-order valence-corrected chi connectivity index (χ1v) is 5.72. The van der Waals surface area contributed by atoms with Gasteiger partial charge in [-0.05, 0) is 26.0 Å². The summed E-state index contributed by atoms with van der Waals surface area (Å²) in [6.07, 6.45) is 0. The molecule has 2 rings (SSSR count). The molecular weight excluding hydrogens is 236 g/mol. The molecule has 0 aliphatic rings. The van der Waals surface area contributed by atoms with Crippen LogP contribution in [0.2, 0.25) is 5.02 Å². The molecule has 0 unspecified atom stereocenters. The van der Waals surface area contributed by atoms with Crippen molar-refractivity contribution in [2.45, 2.75) is 19.4 Å². The topological polar surface area (TPSA) is 56.7 Å². The summed E-state index contributed by atoms with van der Waals surface area (Å²) in [6, 6.07) is 7.55. The molecule has 0 saturated carbocycles. The van der Waals surface area contributed by atoms with Crippen molar-refractivity contribution in [2.24, 2.45) is 12.8 Å². The highest BCUT2D eigenvalue weighted by Crippen LogP contribution is 2.26. The van der Waals surface area contributed by atoms with Gasteiger partial charge in [0.15, 0.2) is 11.6 Å². The fraction of sp³-hybridized carbons (Fsp3) is 0.333. The number of aryl methyl sites for hydroxylation is 1. The van der Waals surface area contributed by atoms with Crippen molar-refractivity contribution < 1.29 is 0 Å². The largest absolute Gasteiger partial charge is 0.319 e. The van der Waals surface area contributed by atoms with E-state index in [0.29, 0.717) is 10.8 Å². The second-order valence-electron chi connectivity index (χ2n) is 4.58. The molecular formula is C12H15ClN4. The Morgan fingerprint density at radius 3 is 2.47 bits per heavy atom. The number of hydrogen-bond donors (Lipinski definition) is 1. The van der Waals surface area contributed by atoms with E-state index in [-0.39, 0.29) is 0 Å². The third-order valence-electron chi connectivity index (χ3n) is 2.45. The maximum absolute atomic E-state index is 6.14. The minimum Gasteiger partial charge on any atom is -0.319 e. The molecule has 5 heteroatoms. The zero-order valence-electron chi connectivity index (χ0n) is 10.1. The molecule has 0 atom stereocenters. The summed E-state index contributed by atoms with van der Waals surface area (Å²) in [6.45, 7) is 3.75. The zero-order valence-corrected chi connectivity index (χ0v) is 10.9. The number of nitrogens with two attached hydrogens (primary N) is 1. The smallest absolute Gasteiger partial charge is 0.170 e. The van der Waals surface area contributed by atoms with Gasteiger partial charge < -0.3 is 5.73 Å². The summed E-state index contributed by atoms with van der Waals surface area (Å²) in [5, 5.41) is 4.98. The van der Waals surface area contributed by atoms with Crippen molar-refractivity contribution in [1.82, 2.24) is 14.8 Å².